The molecule has 15 heteroatoms. The van der Waals surface area contributed by atoms with Crippen LogP contribution in [0.5, 0.6) is 0 Å². The fourth-order valence-corrected chi connectivity index (χ4v) is 4.02. The molecule has 1 aromatic rings. The Hall–Kier alpha value is -2.78. The largest absolute Gasteiger partial charge is 0.480 e. The zero-order valence-corrected chi connectivity index (χ0v) is 22.0. The SMILES string of the molecule is CSCCC(NC(=O)C(Cc1cnc[nH]1)NC(=O)C(CCSC)NC(=O)C(N)CCC(N)=O)C(=O)O. The zero-order chi connectivity index (χ0) is 27.1. The van der Waals surface area contributed by atoms with Crippen molar-refractivity contribution in [1.29, 1.82) is 0 Å². The molecule has 4 atom stereocenters. The maximum atomic E-state index is 13.1. The molecule has 202 valence electrons. The van der Waals surface area contributed by atoms with Crippen LogP contribution in [0.2, 0.25) is 0 Å². The Morgan fingerprint density at radius 3 is 2.03 bits per heavy atom. The number of H-pyrrole nitrogens is 1. The molecule has 1 rings (SSSR count). The predicted molar refractivity (Wildman–Crippen MR) is 138 cm³/mol. The molecule has 0 saturated carbocycles. The smallest absolute Gasteiger partial charge is 0.326 e. The molecule has 4 unspecified atom stereocenters. The number of hydrogen-bond donors (Lipinski definition) is 7. The monoisotopic (exact) mass is 545 g/mol. The minimum atomic E-state index is -1.18. The van der Waals surface area contributed by atoms with E-state index in [1.807, 2.05) is 12.5 Å². The molecular weight excluding hydrogens is 510 g/mol. The maximum absolute atomic E-state index is 13.1. The Morgan fingerprint density at radius 1 is 0.944 bits per heavy atom. The Kier molecular flexibility index (Phi) is 14.6. The van der Waals surface area contributed by atoms with Crippen LogP contribution in [0.3, 0.4) is 0 Å². The van der Waals surface area contributed by atoms with Crippen molar-refractivity contribution in [1.82, 2.24) is 25.9 Å². The summed E-state index contributed by atoms with van der Waals surface area (Å²) in [5, 5.41) is 17.1. The van der Waals surface area contributed by atoms with Crippen molar-refractivity contribution in [3.63, 3.8) is 0 Å². The number of aromatic nitrogens is 2. The van der Waals surface area contributed by atoms with Crippen LogP contribution in [0.15, 0.2) is 12.5 Å². The number of nitrogens with two attached hydrogens (primary N) is 2. The molecule has 0 spiro atoms. The summed E-state index contributed by atoms with van der Waals surface area (Å²) >= 11 is 2.91. The molecule has 0 saturated heterocycles. The standard InChI is InChI=1S/C21H35N7O6S2/c1-35-7-5-14(26-18(30)13(22)3-4-17(23)29)19(31)28-16(9-12-10-24-11-25-12)20(32)27-15(21(33)34)6-8-36-2/h10-11,13-16H,3-9,22H2,1-2H3,(H2,23,29)(H,24,25)(H,26,30)(H,27,32)(H,28,31)(H,33,34). The van der Waals surface area contributed by atoms with Gasteiger partial charge in [-0.15, -0.1) is 0 Å². The lowest BCUT2D eigenvalue weighted by Gasteiger charge is -2.25. The van der Waals surface area contributed by atoms with Gasteiger partial charge in [0, 0.05) is 24.7 Å². The van der Waals surface area contributed by atoms with E-state index >= 15 is 0 Å². The molecule has 0 aliphatic carbocycles. The van der Waals surface area contributed by atoms with E-state index in [9.17, 15) is 29.1 Å². The van der Waals surface area contributed by atoms with Gasteiger partial charge in [0.1, 0.15) is 18.1 Å². The predicted octanol–water partition coefficient (Wildman–Crippen LogP) is -1.41. The second-order valence-electron chi connectivity index (χ2n) is 7.98. The number of rotatable bonds is 18. The molecule has 9 N–H and O–H groups in total. The average Bonchev–Trinajstić information content (AvgIpc) is 3.34. The van der Waals surface area contributed by atoms with Crippen molar-refractivity contribution in [2.45, 2.75) is 56.3 Å². The molecule has 0 aliphatic rings. The summed E-state index contributed by atoms with van der Waals surface area (Å²) in [6.07, 6.45) is 7.00. The van der Waals surface area contributed by atoms with Gasteiger partial charge in [0.05, 0.1) is 12.4 Å². The van der Waals surface area contributed by atoms with E-state index in [2.05, 4.69) is 25.9 Å². The van der Waals surface area contributed by atoms with Crippen LogP contribution < -0.4 is 27.4 Å². The summed E-state index contributed by atoms with van der Waals surface area (Å²) in [4.78, 5) is 68.0. The first-order chi connectivity index (χ1) is 17.1. The lowest BCUT2D eigenvalue weighted by atomic mass is 10.1. The van der Waals surface area contributed by atoms with Gasteiger partial charge in [-0.05, 0) is 43.3 Å². The number of thioether (sulfide) groups is 2. The van der Waals surface area contributed by atoms with Crippen molar-refractivity contribution in [2.75, 3.05) is 24.0 Å². The number of primary amides is 1. The normalized spacial score (nSPS) is 14.2. The Labute approximate surface area is 218 Å². The summed E-state index contributed by atoms with van der Waals surface area (Å²) in [7, 11) is 0. The first kappa shape index (κ1) is 31.3. The van der Waals surface area contributed by atoms with Crippen molar-refractivity contribution in [2.24, 2.45) is 11.5 Å². The number of amides is 4. The minimum Gasteiger partial charge on any atom is -0.480 e. The lowest BCUT2D eigenvalue weighted by molar-refractivity contribution is -0.142. The molecular formula is C21H35N7O6S2. The highest BCUT2D eigenvalue weighted by molar-refractivity contribution is 7.98. The highest BCUT2D eigenvalue weighted by Gasteiger charge is 2.30. The summed E-state index contributed by atoms with van der Waals surface area (Å²) in [5.41, 5.74) is 11.5. The van der Waals surface area contributed by atoms with Crippen LogP contribution in [0.25, 0.3) is 0 Å². The molecule has 0 radical (unpaired) electrons. The molecule has 13 nitrogen and oxygen atoms in total. The van der Waals surface area contributed by atoms with E-state index in [0.717, 1.165) is 0 Å². The number of carbonyl (C=O) groups is 5. The average molecular weight is 546 g/mol. The molecule has 0 aliphatic heterocycles. The summed E-state index contributed by atoms with van der Waals surface area (Å²) in [6, 6.07) is -4.31. The second-order valence-corrected chi connectivity index (χ2v) is 9.95. The number of aliphatic carboxylic acids is 1. The molecule has 1 heterocycles. The van der Waals surface area contributed by atoms with Gasteiger partial charge in [0.2, 0.25) is 23.6 Å². The summed E-state index contributed by atoms with van der Waals surface area (Å²) in [6.45, 7) is 0. The van der Waals surface area contributed by atoms with E-state index in [1.54, 1.807) is 0 Å². The fraction of sp³-hybridized carbons (Fsp3) is 0.619. The van der Waals surface area contributed by atoms with Crippen LogP contribution in [-0.2, 0) is 30.4 Å². The first-order valence-electron chi connectivity index (χ1n) is 11.2. The molecule has 4 amide bonds. The number of imidazole rings is 1. The van der Waals surface area contributed by atoms with E-state index in [-0.39, 0.29) is 32.1 Å². The van der Waals surface area contributed by atoms with Crippen molar-refractivity contribution in [3.8, 4) is 0 Å². The van der Waals surface area contributed by atoms with E-state index in [1.165, 1.54) is 36.0 Å². The van der Waals surface area contributed by atoms with Crippen LogP contribution in [0.4, 0.5) is 0 Å². The topological polar surface area (TPSA) is 222 Å². The van der Waals surface area contributed by atoms with Crippen LogP contribution in [-0.4, -0.2) is 92.9 Å². The van der Waals surface area contributed by atoms with E-state index in [0.29, 0.717) is 17.2 Å². The van der Waals surface area contributed by atoms with Gasteiger partial charge in [-0.1, -0.05) is 0 Å². The Morgan fingerprint density at radius 2 is 1.50 bits per heavy atom. The number of carbonyl (C=O) groups excluding carboxylic acids is 4. The van der Waals surface area contributed by atoms with Gasteiger partial charge in [-0.25, -0.2) is 9.78 Å². The number of aromatic amines is 1. The molecule has 36 heavy (non-hydrogen) atoms. The van der Waals surface area contributed by atoms with Crippen LogP contribution in [0, 0.1) is 0 Å². The fourth-order valence-electron chi connectivity index (χ4n) is 3.08. The second kappa shape index (κ2) is 16.8. The van der Waals surface area contributed by atoms with Crippen molar-refractivity contribution < 1.29 is 29.1 Å². The molecule has 0 bridgehead atoms. The quantitative estimate of drug-likeness (QED) is 0.114. The van der Waals surface area contributed by atoms with E-state index in [4.69, 9.17) is 11.5 Å². The number of nitrogens with zero attached hydrogens (tertiary/aromatic N) is 1. The highest BCUT2D eigenvalue weighted by Crippen LogP contribution is 2.07. The third-order valence-electron chi connectivity index (χ3n) is 5.12. The molecule has 1 aromatic heterocycles. The molecule has 0 aromatic carbocycles. The van der Waals surface area contributed by atoms with E-state index < -0.39 is 53.8 Å². The third-order valence-corrected chi connectivity index (χ3v) is 6.41. The van der Waals surface area contributed by atoms with Crippen molar-refractivity contribution >= 4 is 53.1 Å². The number of hydrogen-bond acceptors (Lipinski definition) is 9. The number of carboxylic acid groups (broad SMARTS) is 1. The van der Waals surface area contributed by atoms with Gasteiger partial charge < -0.3 is 37.5 Å². The first-order valence-corrected chi connectivity index (χ1v) is 14.0. The minimum absolute atomic E-state index is 0.0216. The summed E-state index contributed by atoms with van der Waals surface area (Å²) in [5.74, 6) is -2.67. The van der Waals surface area contributed by atoms with Gasteiger partial charge >= 0.3 is 5.97 Å². The highest BCUT2D eigenvalue weighted by atomic mass is 32.2. The third kappa shape index (κ3) is 11.8. The maximum Gasteiger partial charge on any atom is 0.326 e. The Balaban J connectivity index is 3.00. The zero-order valence-electron chi connectivity index (χ0n) is 20.3. The van der Waals surface area contributed by atoms with Crippen LogP contribution in [0.1, 0.15) is 31.4 Å². The van der Waals surface area contributed by atoms with Gasteiger partial charge in [-0.3, -0.25) is 19.2 Å². The molecule has 0 fully saturated rings. The lowest BCUT2D eigenvalue weighted by Crippen LogP contribution is -2.57. The summed E-state index contributed by atoms with van der Waals surface area (Å²) < 4.78 is 0. The van der Waals surface area contributed by atoms with Gasteiger partial charge in [0.15, 0.2) is 0 Å². The van der Waals surface area contributed by atoms with Gasteiger partial charge in [-0.2, -0.15) is 23.5 Å². The number of carboxylic acids is 1. The Bertz CT molecular complexity index is 871. The number of nitrogens with one attached hydrogen (secondary N) is 4. The van der Waals surface area contributed by atoms with Gasteiger partial charge in [0.25, 0.3) is 0 Å². The van der Waals surface area contributed by atoms with Crippen LogP contribution >= 0.6 is 23.5 Å². The van der Waals surface area contributed by atoms with Crippen molar-refractivity contribution in [3.05, 3.63) is 18.2 Å².